The summed E-state index contributed by atoms with van der Waals surface area (Å²) in [5.41, 5.74) is 3.25. The van der Waals surface area contributed by atoms with E-state index in [-0.39, 0.29) is 5.91 Å². The van der Waals surface area contributed by atoms with E-state index in [0.717, 1.165) is 30.8 Å². The Morgan fingerprint density at radius 3 is 2.90 bits per heavy atom. The van der Waals surface area contributed by atoms with Crippen molar-refractivity contribution >= 4 is 11.6 Å². The van der Waals surface area contributed by atoms with Crippen molar-refractivity contribution in [2.75, 3.05) is 32.0 Å². The number of amides is 1. The Hall–Kier alpha value is -1.39. The summed E-state index contributed by atoms with van der Waals surface area (Å²) in [6.45, 7) is 6.69. The first kappa shape index (κ1) is 16.0. The van der Waals surface area contributed by atoms with Gasteiger partial charge in [-0.05, 0) is 64.9 Å². The first-order valence-electron chi connectivity index (χ1n) is 7.84. The third-order valence-corrected chi connectivity index (χ3v) is 4.22. The minimum absolute atomic E-state index is 0.0710. The van der Waals surface area contributed by atoms with E-state index in [9.17, 15) is 4.79 Å². The predicted molar refractivity (Wildman–Crippen MR) is 87.7 cm³/mol. The Balaban J connectivity index is 1.88. The van der Waals surface area contributed by atoms with Gasteiger partial charge in [0.2, 0.25) is 5.91 Å². The first-order valence-corrected chi connectivity index (χ1v) is 7.84. The second kappa shape index (κ2) is 7.57. The highest BCUT2D eigenvalue weighted by molar-refractivity contribution is 5.93. The highest BCUT2D eigenvalue weighted by atomic mass is 16.2. The molecule has 2 rings (SSSR count). The van der Waals surface area contributed by atoms with E-state index in [2.05, 4.69) is 35.6 Å². The summed E-state index contributed by atoms with van der Waals surface area (Å²) in [4.78, 5) is 14.4. The van der Waals surface area contributed by atoms with Crippen LogP contribution < -0.4 is 10.6 Å². The van der Waals surface area contributed by atoms with Crippen LogP contribution in [0, 0.1) is 13.8 Å². The van der Waals surface area contributed by atoms with Gasteiger partial charge in [0.15, 0.2) is 0 Å². The molecule has 2 N–H and O–H groups in total. The smallest absolute Gasteiger partial charge is 0.238 e. The maximum atomic E-state index is 12.2. The average molecular weight is 289 g/mol. The molecule has 1 unspecified atom stereocenters. The second-order valence-electron chi connectivity index (χ2n) is 6.12. The standard InChI is InChI=1S/C17H27N3O/c1-13-6-7-16(14(2)11-13)19-17(21)12-20(3)15-5-4-9-18-10-8-15/h6-7,11,15,18H,4-5,8-10,12H2,1-3H3,(H,19,21). The first-order chi connectivity index (χ1) is 10.1. The van der Waals surface area contributed by atoms with Gasteiger partial charge in [0.05, 0.1) is 6.54 Å². The number of nitrogens with one attached hydrogen (secondary N) is 2. The Morgan fingerprint density at radius 1 is 1.33 bits per heavy atom. The van der Waals surface area contributed by atoms with Crippen molar-refractivity contribution in [1.29, 1.82) is 0 Å². The number of aryl methyl sites for hydroxylation is 2. The van der Waals surface area contributed by atoms with Crippen molar-refractivity contribution in [3.05, 3.63) is 29.3 Å². The third kappa shape index (κ3) is 4.83. The fraction of sp³-hybridized carbons (Fsp3) is 0.588. The lowest BCUT2D eigenvalue weighted by atomic mass is 10.1. The molecule has 4 nitrogen and oxygen atoms in total. The lowest BCUT2D eigenvalue weighted by Gasteiger charge is -2.26. The SMILES string of the molecule is Cc1ccc(NC(=O)CN(C)C2CCCNCC2)c(C)c1. The van der Waals surface area contributed by atoms with Gasteiger partial charge in [-0.25, -0.2) is 0 Å². The Morgan fingerprint density at radius 2 is 2.14 bits per heavy atom. The fourth-order valence-electron chi connectivity index (χ4n) is 2.94. The van der Waals surface area contributed by atoms with Crippen LogP contribution in [0.1, 0.15) is 30.4 Å². The van der Waals surface area contributed by atoms with Crippen LogP contribution in [0.5, 0.6) is 0 Å². The number of carbonyl (C=O) groups is 1. The van der Waals surface area contributed by atoms with Crippen molar-refractivity contribution in [3.8, 4) is 0 Å². The number of benzene rings is 1. The molecule has 1 aliphatic heterocycles. The quantitative estimate of drug-likeness (QED) is 0.894. The van der Waals surface area contributed by atoms with E-state index < -0.39 is 0 Å². The molecule has 1 aliphatic rings. The molecule has 0 spiro atoms. The summed E-state index contributed by atoms with van der Waals surface area (Å²) < 4.78 is 0. The van der Waals surface area contributed by atoms with Gasteiger partial charge in [-0.1, -0.05) is 17.7 Å². The molecule has 0 saturated carbocycles. The molecule has 1 aromatic rings. The van der Waals surface area contributed by atoms with Gasteiger partial charge < -0.3 is 10.6 Å². The van der Waals surface area contributed by atoms with Crippen molar-refractivity contribution in [1.82, 2.24) is 10.2 Å². The van der Waals surface area contributed by atoms with E-state index in [0.29, 0.717) is 12.6 Å². The number of anilines is 1. The number of hydrogen-bond acceptors (Lipinski definition) is 3. The number of hydrogen-bond donors (Lipinski definition) is 2. The third-order valence-electron chi connectivity index (χ3n) is 4.22. The van der Waals surface area contributed by atoms with E-state index in [1.165, 1.54) is 18.4 Å². The molecular weight excluding hydrogens is 262 g/mol. The number of nitrogens with zero attached hydrogens (tertiary/aromatic N) is 1. The highest BCUT2D eigenvalue weighted by Gasteiger charge is 2.18. The van der Waals surface area contributed by atoms with Gasteiger partial charge in [0.25, 0.3) is 0 Å². The Bertz CT molecular complexity index is 479. The molecule has 1 aromatic carbocycles. The van der Waals surface area contributed by atoms with Gasteiger partial charge in [0, 0.05) is 11.7 Å². The summed E-state index contributed by atoms with van der Waals surface area (Å²) in [7, 11) is 2.05. The minimum atomic E-state index is 0.0710. The zero-order valence-electron chi connectivity index (χ0n) is 13.4. The van der Waals surface area contributed by atoms with Crippen LogP contribution in [0.3, 0.4) is 0 Å². The van der Waals surface area contributed by atoms with Crippen LogP contribution in [0.4, 0.5) is 5.69 Å². The number of carbonyl (C=O) groups excluding carboxylic acids is 1. The Kier molecular flexibility index (Phi) is 5.76. The average Bonchev–Trinajstić information content (AvgIpc) is 2.71. The number of rotatable bonds is 4. The molecule has 0 aromatic heterocycles. The lowest BCUT2D eigenvalue weighted by Crippen LogP contribution is -2.38. The largest absolute Gasteiger partial charge is 0.325 e. The summed E-state index contributed by atoms with van der Waals surface area (Å²) in [6, 6.07) is 6.61. The second-order valence-corrected chi connectivity index (χ2v) is 6.12. The molecule has 4 heteroatoms. The molecule has 1 heterocycles. The van der Waals surface area contributed by atoms with Crippen molar-refractivity contribution in [2.24, 2.45) is 0 Å². The van der Waals surface area contributed by atoms with Crippen LogP contribution >= 0.6 is 0 Å². The van der Waals surface area contributed by atoms with Gasteiger partial charge in [0.1, 0.15) is 0 Å². The maximum absolute atomic E-state index is 12.2. The number of likely N-dealkylation sites (N-methyl/N-ethyl adjacent to an activating group) is 1. The molecule has 1 fully saturated rings. The summed E-state index contributed by atoms with van der Waals surface area (Å²) >= 11 is 0. The van der Waals surface area contributed by atoms with Gasteiger partial charge >= 0.3 is 0 Å². The van der Waals surface area contributed by atoms with Crippen molar-refractivity contribution < 1.29 is 4.79 Å². The van der Waals surface area contributed by atoms with Gasteiger partial charge in [-0.15, -0.1) is 0 Å². The molecule has 0 bridgehead atoms. The summed E-state index contributed by atoms with van der Waals surface area (Å²) in [5.74, 6) is 0.0710. The Labute approximate surface area is 127 Å². The molecular formula is C17H27N3O. The normalized spacial score (nSPS) is 19.3. The van der Waals surface area contributed by atoms with Crippen LogP contribution in [-0.2, 0) is 4.79 Å². The van der Waals surface area contributed by atoms with E-state index in [1.807, 2.05) is 19.1 Å². The van der Waals surface area contributed by atoms with Crippen LogP contribution in [0.25, 0.3) is 0 Å². The molecule has 0 aliphatic carbocycles. The van der Waals surface area contributed by atoms with Crippen molar-refractivity contribution in [2.45, 2.75) is 39.2 Å². The van der Waals surface area contributed by atoms with E-state index in [1.54, 1.807) is 0 Å². The predicted octanol–water partition coefficient (Wildman–Crippen LogP) is 2.32. The maximum Gasteiger partial charge on any atom is 0.238 e. The van der Waals surface area contributed by atoms with E-state index >= 15 is 0 Å². The molecule has 0 radical (unpaired) electrons. The zero-order chi connectivity index (χ0) is 15.2. The minimum Gasteiger partial charge on any atom is -0.325 e. The topological polar surface area (TPSA) is 44.4 Å². The monoisotopic (exact) mass is 289 g/mol. The molecule has 1 atom stereocenters. The molecule has 116 valence electrons. The zero-order valence-corrected chi connectivity index (χ0v) is 13.4. The van der Waals surface area contributed by atoms with Gasteiger partial charge in [-0.3, -0.25) is 9.69 Å². The summed E-state index contributed by atoms with van der Waals surface area (Å²) in [5, 5.41) is 6.44. The lowest BCUT2D eigenvalue weighted by molar-refractivity contribution is -0.117. The van der Waals surface area contributed by atoms with Crippen LogP contribution in [0.2, 0.25) is 0 Å². The van der Waals surface area contributed by atoms with Crippen LogP contribution in [0.15, 0.2) is 18.2 Å². The van der Waals surface area contributed by atoms with Gasteiger partial charge in [-0.2, -0.15) is 0 Å². The van der Waals surface area contributed by atoms with E-state index in [4.69, 9.17) is 0 Å². The van der Waals surface area contributed by atoms with Crippen molar-refractivity contribution in [3.63, 3.8) is 0 Å². The highest BCUT2D eigenvalue weighted by Crippen LogP contribution is 2.16. The fourth-order valence-corrected chi connectivity index (χ4v) is 2.94. The summed E-state index contributed by atoms with van der Waals surface area (Å²) in [6.07, 6.45) is 3.47. The van der Waals surface area contributed by atoms with Crippen LogP contribution in [-0.4, -0.2) is 43.5 Å². The molecule has 1 saturated heterocycles. The molecule has 21 heavy (non-hydrogen) atoms. The molecule has 1 amide bonds.